The number of ether oxygens (including phenoxy) is 1. The average molecular weight is 704 g/mol. The zero-order chi connectivity index (χ0) is 35.6. The number of pyridine rings is 1. The normalized spacial score (nSPS) is 20.3. The predicted octanol–water partition coefficient (Wildman–Crippen LogP) is 1.95. The van der Waals surface area contributed by atoms with Crippen LogP contribution in [0.25, 0.3) is 0 Å². The van der Waals surface area contributed by atoms with Crippen molar-refractivity contribution in [3.63, 3.8) is 0 Å². The van der Waals surface area contributed by atoms with Gasteiger partial charge in [-0.1, -0.05) is 49.4 Å². The van der Waals surface area contributed by atoms with Crippen LogP contribution < -0.4 is 26.0 Å². The maximum Gasteiger partial charge on any atom is 0.274 e. The first-order valence-corrected chi connectivity index (χ1v) is 17.3. The molecule has 264 valence electrons. The van der Waals surface area contributed by atoms with Gasteiger partial charge in [-0.2, -0.15) is 0 Å². The van der Waals surface area contributed by atoms with Crippen LogP contribution in [-0.2, 0) is 29.1 Å². The molecule has 1 aliphatic heterocycles. The number of fused-ring (bicyclic) bond motifs is 5. The Morgan fingerprint density at radius 3 is 2.54 bits per heavy atom. The smallest absolute Gasteiger partial charge is 0.274 e. The fourth-order valence-corrected chi connectivity index (χ4v) is 6.19. The highest BCUT2D eigenvalue weighted by molar-refractivity contribution is 7.09. The van der Waals surface area contributed by atoms with Crippen LogP contribution in [0.1, 0.15) is 76.9 Å². The lowest BCUT2D eigenvalue weighted by atomic mass is 10.0. The molecule has 5 rings (SSSR count). The van der Waals surface area contributed by atoms with Crippen LogP contribution in [0.5, 0.6) is 5.75 Å². The summed E-state index contributed by atoms with van der Waals surface area (Å²) >= 11 is 1.19. The molecule has 3 aromatic heterocycles. The van der Waals surface area contributed by atoms with Gasteiger partial charge in [-0.15, -0.1) is 16.4 Å². The number of hydrogen-bond donors (Lipinski definition) is 5. The van der Waals surface area contributed by atoms with Gasteiger partial charge in [0.1, 0.15) is 28.5 Å². The van der Waals surface area contributed by atoms with Gasteiger partial charge in [0.25, 0.3) is 11.8 Å². The minimum Gasteiger partial charge on any atom is -0.491 e. The second-order valence-electron chi connectivity index (χ2n) is 12.4. The van der Waals surface area contributed by atoms with Crippen molar-refractivity contribution in [2.75, 3.05) is 6.61 Å². The summed E-state index contributed by atoms with van der Waals surface area (Å²) in [5.74, 6) is -1.92. The van der Waals surface area contributed by atoms with Gasteiger partial charge >= 0.3 is 0 Å². The Balaban J connectivity index is 1.44. The Labute approximate surface area is 293 Å². The molecule has 0 spiro atoms. The third kappa shape index (κ3) is 9.69. The van der Waals surface area contributed by atoms with Gasteiger partial charge in [0.2, 0.25) is 11.8 Å². The van der Waals surface area contributed by atoms with Crippen molar-refractivity contribution in [1.82, 2.24) is 46.2 Å². The molecular weight excluding hydrogens is 662 g/mol. The van der Waals surface area contributed by atoms with E-state index < -0.39 is 47.9 Å². The molecule has 4 atom stereocenters. The van der Waals surface area contributed by atoms with Crippen LogP contribution in [0.2, 0.25) is 0 Å². The van der Waals surface area contributed by atoms with Gasteiger partial charge in [-0.25, -0.2) is 9.97 Å². The molecule has 0 fully saturated rings. The van der Waals surface area contributed by atoms with Gasteiger partial charge in [-0.3, -0.25) is 23.9 Å². The van der Waals surface area contributed by atoms with E-state index in [9.17, 15) is 24.3 Å². The van der Waals surface area contributed by atoms with Crippen molar-refractivity contribution >= 4 is 35.0 Å². The third-order valence-corrected chi connectivity index (χ3v) is 8.80. The molecule has 16 heteroatoms. The standard InChI is InChI=1S/C34H41N9O6S/c1-20(2)15-25-34-39-26(19-50-34)31(46)40-28(21(3)44)32(47)37-24(16-22-9-5-4-6-10-22)30(45)36-17-23-18-43(42-41-23)13-8-14-49-27-11-7-12-35-29(27)33(48)38-25/h4-7,9-12,18-21,24-25,28,44H,8,13-17H2,1-3H3,(H,36,45)(H,37,47)(H,38,48)(H,40,46)/t21-,24-,25+,28+/m1/s1. The minimum atomic E-state index is -1.40. The summed E-state index contributed by atoms with van der Waals surface area (Å²) in [4.78, 5) is 62.7. The molecule has 15 nitrogen and oxygen atoms in total. The van der Waals surface area contributed by atoms with Crippen molar-refractivity contribution in [3.05, 3.63) is 87.9 Å². The van der Waals surface area contributed by atoms with E-state index in [-0.39, 0.29) is 36.9 Å². The van der Waals surface area contributed by atoms with E-state index in [1.807, 2.05) is 44.2 Å². The summed E-state index contributed by atoms with van der Waals surface area (Å²) in [5.41, 5.74) is 1.41. The molecule has 1 aromatic carbocycles. The molecule has 5 N–H and O–H groups in total. The third-order valence-electron chi connectivity index (χ3n) is 7.84. The number of carbonyl (C=O) groups is 4. The number of aliphatic hydroxyl groups is 1. The van der Waals surface area contributed by atoms with Crippen LogP contribution in [-0.4, -0.2) is 78.5 Å². The molecule has 4 bridgehead atoms. The van der Waals surface area contributed by atoms with Crippen molar-refractivity contribution in [3.8, 4) is 5.75 Å². The summed E-state index contributed by atoms with van der Waals surface area (Å²) in [6.07, 6.45) is 3.11. The lowest BCUT2D eigenvalue weighted by Gasteiger charge is -2.24. The van der Waals surface area contributed by atoms with E-state index in [1.54, 1.807) is 23.0 Å². The summed E-state index contributed by atoms with van der Waals surface area (Å²) < 4.78 is 7.58. The fourth-order valence-electron chi connectivity index (χ4n) is 5.33. The van der Waals surface area contributed by atoms with Crippen LogP contribution in [0.3, 0.4) is 0 Å². The SMILES string of the molecule is CC(C)C[C@@H]1NC(=O)c2ncccc2OCCCn2cc(nn2)CNC(=O)[C@@H](Cc2ccccc2)NC(=O)[C@H]([C@@H](C)O)NC(=O)c2csc1n2. The lowest BCUT2D eigenvalue weighted by molar-refractivity contribution is -0.131. The number of thiazole rings is 1. The van der Waals surface area contributed by atoms with E-state index in [1.165, 1.54) is 29.8 Å². The number of nitrogens with one attached hydrogen (secondary N) is 4. The van der Waals surface area contributed by atoms with Gasteiger partial charge < -0.3 is 31.1 Å². The largest absolute Gasteiger partial charge is 0.491 e. The second-order valence-corrected chi connectivity index (χ2v) is 13.3. The maximum absolute atomic E-state index is 13.6. The molecule has 4 aromatic rings. The van der Waals surface area contributed by atoms with Crippen LogP contribution >= 0.6 is 11.3 Å². The highest BCUT2D eigenvalue weighted by Crippen LogP contribution is 2.26. The van der Waals surface area contributed by atoms with E-state index in [0.717, 1.165) is 5.56 Å². The number of hydrogen-bond acceptors (Lipinski definition) is 11. The van der Waals surface area contributed by atoms with E-state index in [4.69, 9.17) is 4.74 Å². The summed E-state index contributed by atoms with van der Waals surface area (Å²) in [6, 6.07) is 9.52. The van der Waals surface area contributed by atoms with Gasteiger partial charge in [0, 0.05) is 31.0 Å². The maximum atomic E-state index is 13.6. The minimum absolute atomic E-state index is 0.00870. The van der Waals surface area contributed by atoms with Crippen LogP contribution in [0.4, 0.5) is 0 Å². The number of rotatable bonds is 5. The topological polar surface area (TPSA) is 202 Å². The quantitative estimate of drug-likeness (QED) is 0.205. The Morgan fingerprint density at radius 2 is 1.78 bits per heavy atom. The Morgan fingerprint density at radius 1 is 0.980 bits per heavy atom. The highest BCUT2D eigenvalue weighted by Gasteiger charge is 2.32. The zero-order valence-electron chi connectivity index (χ0n) is 28.0. The van der Waals surface area contributed by atoms with Crippen molar-refractivity contribution in [2.45, 2.75) is 77.4 Å². The van der Waals surface area contributed by atoms with E-state index in [2.05, 4.69) is 41.5 Å². The molecule has 0 radical (unpaired) electrons. The first-order chi connectivity index (χ1) is 24.1. The molecule has 4 heterocycles. The zero-order valence-corrected chi connectivity index (χ0v) is 28.9. The highest BCUT2D eigenvalue weighted by atomic mass is 32.1. The summed E-state index contributed by atoms with van der Waals surface area (Å²) in [7, 11) is 0. The number of aliphatic hydroxyl groups excluding tert-OH is 1. The first kappa shape index (κ1) is 36.1. The molecular formula is C34H41N9O6S. The lowest BCUT2D eigenvalue weighted by Crippen LogP contribution is -2.57. The molecule has 0 unspecified atom stereocenters. The van der Waals surface area contributed by atoms with Crippen LogP contribution in [0, 0.1) is 5.92 Å². The molecule has 4 amide bonds. The number of carbonyl (C=O) groups excluding carboxylic acids is 4. The molecule has 1 aliphatic rings. The van der Waals surface area contributed by atoms with Crippen LogP contribution in [0.15, 0.2) is 60.2 Å². The van der Waals surface area contributed by atoms with Crippen molar-refractivity contribution in [1.29, 1.82) is 0 Å². The Bertz CT molecular complexity index is 1780. The number of aromatic nitrogens is 5. The number of amides is 4. The number of aryl methyl sites for hydroxylation is 1. The Hall–Kier alpha value is -5.22. The molecule has 0 aliphatic carbocycles. The predicted molar refractivity (Wildman–Crippen MR) is 183 cm³/mol. The monoisotopic (exact) mass is 703 g/mol. The molecule has 0 saturated carbocycles. The number of benzene rings is 1. The molecule has 0 saturated heterocycles. The van der Waals surface area contributed by atoms with Crippen molar-refractivity contribution in [2.24, 2.45) is 5.92 Å². The Kier molecular flexibility index (Phi) is 12.2. The fraction of sp³-hybridized carbons (Fsp3) is 0.412. The average Bonchev–Trinajstić information content (AvgIpc) is 3.78. The van der Waals surface area contributed by atoms with Gasteiger partial charge in [-0.05, 0) is 37.0 Å². The summed E-state index contributed by atoms with van der Waals surface area (Å²) in [6.45, 7) is 6.15. The first-order valence-electron chi connectivity index (χ1n) is 16.4. The summed E-state index contributed by atoms with van der Waals surface area (Å²) in [5, 5.41) is 31.9. The van der Waals surface area contributed by atoms with E-state index in [0.29, 0.717) is 35.8 Å². The van der Waals surface area contributed by atoms with Crippen molar-refractivity contribution < 1.29 is 29.0 Å². The second kappa shape index (κ2) is 16.9. The van der Waals surface area contributed by atoms with Gasteiger partial charge in [0.15, 0.2) is 11.4 Å². The molecule has 50 heavy (non-hydrogen) atoms. The van der Waals surface area contributed by atoms with E-state index >= 15 is 0 Å². The van der Waals surface area contributed by atoms with Gasteiger partial charge in [0.05, 0.1) is 31.5 Å². The number of nitrogens with zero attached hydrogens (tertiary/aromatic N) is 5.